The maximum Gasteiger partial charge on any atom is 0.141 e. The minimum absolute atomic E-state index is 0.944. The van der Waals surface area contributed by atoms with Crippen LogP contribution in [-0.2, 0) is 0 Å². The molecule has 0 N–H and O–H groups in total. The fourth-order valence-corrected chi connectivity index (χ4v) is 1.60. The van der Waals surface area contributed by atoms with Crippen molar-refractivity contribution in [1.82, 2.24) is 4.98 Å². The van der Waals surface area contributed by atoms with E-state index in [1.807, 2.05) is 24.4 Å². The summed E-state index contributed by atoms with van der Waals surface area (Å²) in [5, 5.41) is 3.38. The van der Waals surface area contributed by atoms with Crippen LogP contribution in [-0.4, -0.2) is 4.98 Å². The number of nitrogens with zero attached hydrogens (tertiary/aromatic N) is 1. The minimum atomic E-state index is 0.944. The molecule has 0 aliphatic rings. The van der Waals surface area contributed by atoms with Crippen molar-refractivity contribution in [2.24, 2.45) is 0 Å². The van der Waals surface area contributed by atoms with E-state index in [-0.39, 0.29) is 0 Å². The molecule has 0 aliphatic heterocycles. The highest BCUT2D eigenvalue weighted by molar-refractivity contribution is 6.03. The molecule has 0 aliphatic carbocycles. The van der Waals surface area contributed by atoms with Gasteiger partial charge in [0.1, 0.15) is 5.58 Å². The van der Waals surface area contributed by atoms with Gasteiger partial charge in [-0.05, 0) is 12.1 Å². The monoisotopic (exact) mass is 169 g/mol. The zero-order valence-corrected chi connectivity index (χ0v) is 6.90. The normalized spacial score (nSPS) is 11.1. The summed E-state index contributed by atoms with van der Waals surface area (Å²) in [6.07, 6.45) is 5.34. The van der Waals surface area contributed by atoms with Gasteiger partial charge in [0.05, 0.1) is 6.26 Å². The third-order valence-electron chi connectivity index (χ3n) is 2.23. The number of hydrogen-bond acceptors (Lipinski definition) is 2. The predicted octanol–water partition coefficient (Wildman–Crippen LogP) is 2.98. The van der Waals surface area contributed by atoms with Crippen molar-refractivity contribution in [2.75, 3.05) is 0 Å². The SMILES string of the molecule is c1cc2c(ccc3ccoc32)cn1. The Hall–Kier alpha value is -1.83. The topological polar surface area (TPSA) is 26.0 Å². The van der Waals surface area contributed by atoms with E-state index in [2.05, 4.69) is 11.1 Å². The quantitative estimate of drug-likeness (QED) is 0.517. The molecule has 0 spiro atoms. The van der Waals surface area contributed by atoms with Crippen LogP contribution in [0.2, 0.25) is 0 Å². The zero-order valence-electron chi connectivity index (χ0n) is 6.90. The third kappa shape index (κ3) is 0.855. The van der Waals surface area contributed by atoms with Crippen LogP contribution in [0.1, 0.15) is 0 Å². The molecule has 2 aromatic heterocycles. The highest BCUT2D eigenvalue weighted by Gasteiger charge is 2.01. The second-order valence-electron chi connectivity index (χ2n) is 3.00. The molecular formula is C11H7NO. The van der Waals surface area contributed by atoms with E-state index in [1.54, 1.807) is 12.5 Å². The smallest absolute Gasteiger partial charge is 0.141 e. The van der Waals surface area contributed by atoms with Gasteiger partial charge in [-0.2, -0.15) is 0 Å². The van der Waals surface area contributed by atoms with Crippen LogP contribution in [0, 0.1) is 0 Å². The first-order valence-corrected chi connectivity index (χ1v) is 4.15. The number of fused-ring (bicyclic) bond motifs is 3. The molecule has 0 bridgehead atoms. The Bertz CT molecular complexity index is 568. The molecule has 2 heterocycles. The van der Waals surface area contributed by atoms with Gasteiger partial charge in [0.2, 0.25) is 0 Å². The maximum absolute atomic E-state index is 5.40. The summed E-state index contributed by atoms with van der Waals surface area (Å²) in [5.74, 6) is 0. The Morgan fingerprint density at radius 1 is 1.00 bits per heavy atom. The van der Waals surface area contributed by atoms with Gasteiger partial charge in [-0.1, -0.05) is 12.1 Å². The molecule has 62 valence electrons. The summed E-state index contributed by atoms with van der Waals surface area (Å²) in [6, 6.07) is 8.04. The number of hydrogen-bond donors (Lipinski definition) is 0. The molecule has 0 radical (unpaired) electrons. The van der Waals surface area contributed by atoms with Crippen molar-refractivity contribution in [3.8, 4) is 0 Å². The molecule has 2 nitrogen and oxygen atoms in total. The van der Waals surface area contributed by atoms with Gasteiger partial charge >= 0.3 is 0 Å². The maximum atomic E-state index is 5.40. The second kappa shape index (κ2) is 2.33. The Balaban J connectivity index is 2.65. The summed E-state index contributed by atoms with van der Waals surface area (Å²) in [7, 11) is 0. The van der Waals surface area contributed by atoms with Crippen molar-refractivity contribution in [3.05, 3.63) is 42.9 Å². The second-order valence-corrected chi connectivity index (χ2v) is 3.00. The first kappa shape index (κ1) is 6.66. The number of aromatic nitrogens is 1. The summed E-state index contributed by atoms with van der Waals surface area (Å²) >= 11 is 0. The highest BCUT2D eigenvalue weighted by atomic mass is 16.3. The lowest BCUT2D eigenvalue weighted by atomic mass is 10.1. The fourth-order valence-electron chi connectivity index (χ4n) is 1.60. The van der Waals surface area contributed by atoms with E-state index < -0.39 is 0 Å². The largest absolute Gasteiger partial charge is 0.464 e. The summed E-state index contributed by atoms with van der Waals surface area (Å²) in [4.78, 5) is 4.06. The Kier molecular flexibility index (Phi) is 1.19. The van der Waals surface area contributed by atoms with Crippen LogP contribution < -0.4 is 0 Å². The van der Waals surface area contributed by atoms with E-state index in [4.69, 9.17) is 4.42 Å². The van der Waals surface area contributed by atoms with E-state index >= 15 is 0 Å². The lowest BCUT2D eigenvalue weighted by Crippen LogP contribution is -1.74. The molecule has 0 saturated carbocycles. The molecule has 0 unspecified atom stereocenters. The standard InChI is InChI=1S/C11H7NO/c1-2-9-7-12-5-3-10(9)11-8(1)4-6-13-11/h1-7H. The fraction of sp³-hybridized carbons (Fsp3) is 0. The first-order chi connectivity index (χ1) is 6.45. The van der Waals surface area contributed by atoms with Gasteiger partial charge in [-0.25, -0.2) is 0 Å². The van der Waals surface area contributed by atoms with Crippen LogP contribution in [0.15, 0.2) is 47.3 Å². The van der Waals surface area contributed by atoms with Crippen molar-refractivity contribution in [3.63, 3.8) is 0 Å². The Morgan fingerprint density at radius 3 is 2.92 bits per heavy atom. The van der Waals surface area contributed by atoms with E-state index in [0.717, 1.165) is 21.7 Å². The van der Waals surface area contributed by atoms with Gasteiger partial charge in [-0.3, -0.25) is 4.98 Å². The summed E-state index contributed by atoms with van der Waals surface area (Å²) in [6.45, 7) is 0. The van der Waals surface area contributed by atoms with Crippen molar-refractivity contribution < 1.29 is 4.42 Å². The first-order valence-electron chi connectivity index (χ1n) is 4.15. The van der Waals surface area contributed by atoms with Gasteiger partial charge in [0, 0.05) is 28.6 Å². The van der Waals surface area contributed by atoms with Gasteiger partial charge in [0.25, 0.3) is 0 Å². The number of furan rings is 1. The van der Waals surface area contributed by atoms with Crippen LogP contribution in [0.25, 0.3) is 21.7 Å². The van der Waals surface area contributed by atoms with Gasteiger partial charge < -0.3 is 4.42 Å². The van der Waals surface area contributed by atoms with E-state index in [1.165, 1.54) is 0 Å². The van der Waals surface area contributed by atoms with Crippen molar-refractivity contribution in [1.29, 1.82) is 0 Å². The van der Waals surface area contributed by atoms with E-state index in [9.17, 15) is 0 Å². The Labute approximate surface area is 74.8 Å². The average molecular weight is 169 g/mol. The van der Waals surface area contributed by atoms with Crippen molar-refractivity contribution in [2.45, 2.75) is 0 Å². The zero-order chi connectivity index (χ0) is 8.67. The molecular weight excluding hydrogens is 162 g/mol. The van der Waals surface area contributed by atoms with Crippen LogP contribution in [0.5, 0.6) is 0 Å². The Morgan fingerprint density at radius 2 is 1.92 bits per heavy atom. The molecule has 13 heavy (non-hydrogen) atoms. The summed E-state index contributed by atoms with van der Waals surface area (Å²) in [5.41, 5.74) is 0.944. The highest BCUT2D eigenvalue weighted by Crippen LogP contribution is 2.24. The average Bonchev–Trinajstić information content (AvgIpc) is 2.65. The molecule has 3 aromatic rings. The molecule has 0 atom stereocenters. The lowest BCUT2D eigenvalue weighted by molar-refractivity contribution is 0.619. The molecule has 3 rings (SSSR count). The van der Waals surface area contributed by atoms with Gasteiger partial charge in [-0.15, -0.1) is 0 Å². The minimum Gasteiger partial charge on any atom is -0.464 e. The molecule has 2 heteroatoms. The number of benzene rings is 1. The predicted molar refractivity (Wildman–Crippen MR) is 51.5 cm³/mol. The molecule has 0 saturated heterocycles. The third-order valence-corrected chi connectivity index (χ3v) is 2.23. The molecule has 1 aromatic carbocycles. The van der Waals surface area contributed by atoms with Crippen molar-refractivity contribution >= 4 is 21.7 Å². The summed E-state index contributed by atoms with van der Waals surface area (Å²) < 4.78 is 5.40. The van der Waals surface area contributed by atoms with E-state index in [0.29, 0.717) is 0 Å². The van der Waals surface area contributed by atoms with Gasteiger partial charge in [0.15, 0.2) is 0 Å². The lowest BCUT2D eigenvalue weighted by Gasteiger charge is -1.95. The van der Waals surface area contributed by atoms with Crippen LogP contribution >= 0.6 is 0 Å². The number of rotatable bonds is 0. The molecule has 0 fully saturated rings. The van der Waals surface area contributed by atoms with Crippen LogP contribution in [0.3, 0.4) is 0 Å². The number of pyridine rings is 1. The molecule has 0 amide bonds. The van der Waals surface area contributed by atoms with Crippen LogP contribution in [0.4, 0.5) is 0 Å².